The van der Waals surface area contributed by atoms with E-state index in [9.17, 15) is 5.11 Å². The molecule has 0 saturated carbocycles. The second kappa shape index (κ2) is 5.26. The Labute approximate surface area is 121 Å². The molecule has 2 N–H and O–H groups in total. The molecule has 0 aliphatic carbocycles. The van der Waals surface area contributed by atoms with Crippen molar-refractivity contribution in [2.45, 2.75) is 30.1 Å². The lowest BCUT2D eigenvalue weighted by molar-refractivity contribution is 0.195. The van der Waals surface area contributed by atoms with Gasteiger partial charge in [0.1, 0.15) is 5.03 Å². The van der Waals surface area contributed by atoms with Gasteiger partial charge in [0.25, 0.3) is 0 Å². The Hall–Kier alpha value is -1.85. The summed E-state index contributed by atoms with van der Waals surface area (Å²) in [6.45, 7) is 3.79. The average molecular weight is 285 g/mol. The van der Waals surface area contributed by atoms with Gasteiger partial charge in [-0.15, -0.1) is 0 Å². The van der Waals surface area contributed by atoms with Gasteiger partial charge in [-0.2, -0.15) is 0 Å². The zero-order valence-corrected chi connectivity index (χ0v) is 12.1. The van der Waals surface area contributed by atoms with E-state index < -0.39 is 6.10 Å². The van der Waals surface area contributed by atoms with Crippen LogP contribution >= 0.6 is 11.8 Å². The van der Waals surface area contributed by atoms with Gasteiger partial charge in [0.2, 0.25) is 0 Å². The Balaban J connectivity index is 1.97. The highest BCUT2D eigenvalue weighted by Crippen LogP contribution is 2.31. The molecule has 1 atom stereocenters. The van der Waals surface area contributed by atoms with Gasteiger partial charge in [-0.05, 0) is 49.4 Å². The van der Waals surface area contributed by atoms with Crippen molar-refractivity contribution in [3.05, 3.63) is 47.7 Å². The first-order chi connectivity index (χ1) is 9.63. The van der Waals surface area contributed by atoms with Crippen LogP contribution in [0.15, 0.2) is 46.7 Å². The summed E-state index contributed by atoms with van der Waals surface area (Å²) in [6.07, 6.45) is 1.18. The van der Waals surface area contributed by atoms with E-state index in [0.717, 1.165) is 26.8 Å². The molecule has 3 aromatic rings. The zero-order valence-electron chi connectivity index (χ0n) is 11.3. The number of imidazole rings is 1. The van der Waals surface area contributed by atoms with Crippen LogP contribution in [-0.4, -0.2) is 20.1 Å². The molecule has 4 nitrogen and oxygen atoms in total. The summed E-state index contributed by atoms with van der Waals surface area (Å²) in [5.74, 6) is 0. The summed E-state index contributed by atoms with van der Waals surface area (Å²) in [5, 5.41) is 11.3. The topological polar surface area (TPSA) is 61.8 Å². The van der Waals surface area contributed by atoms with Crippen LogP contribution in [0, 0.1) is 6.92 Å². The van der Waals surface area contributed by atoms with Crippen molar-refractivity contribution in [1.29, 1.82) is 0 Å². The molecule has 0 aliphatic rings. The summed E-state index contributed by atoms with van der Waals surface area (Å²) >= 11 is 1.44. The van der Waals surface area contributed by atoms with E-state index >= 15 is 0 Å². The fraction of sp³-hybridized carbons (Fsp3) is 0.200. The fourth-order valence-corrected chi connectivity index (χ4v) is 3.00. The minimum atomic E-state index is -0.544. The molecule has 3 rings (SSSR count). The fourth-order valence-electron chi connectivity index (χ4n) is 2.05. The van der Waals surface area contributed by atoms with Crippen LogP contribution in [0.25, 0.3) is 11.0 Å². The highest BCUT2D eigenvalue weighted by molar-refractivity contribution is 7.99. The lowest BCUT2D eigenvalue weighted by atomic mass is 10.2. The quantitative estimate of drug-likeness (QED) is 0.773. The molecule has 102 valence electrons. The van der Waals surface area contributed by atoms with Gasteiger partial charge in [-0.3, -0.25) is 0 Å². The van der Waals surface area contributed by atoms with Crippen LogP contribution in [0.2, 0.25) is 0 Å². The monoisotopic (exact) mass is 285 g/mol. The van der Waals surface area contributed by atoms with E-state index in [-0.39, 0.29) is 0 Å². The summed E-state index contributed by atoms with van der Waals surface area (Å²) < 4.78 is 0. The molecule has 0 radical (unpaired) electrons. The first kappa shape index (κ1) is 13.1. The number of hydrogen-bond acceptors (Lipinski definition) is 4. The van der Waals surface area contributed by atoms with Crippen LogP contribution in [0.5, 0.6) is 0 Å². The second-order valence-corrected chi connectivity index (χ2v) is 5.72. The van der Waals surface area contributed by atoms with Crippen LogP contribution in [0.1, 0.15) is 24.2 Å². The predicted molar refractivity (Wildman–Crippen MR) is 79.8 cm³/mol. The Morgan fingerprint density at radius 1 is 1.30 bits per heavy atom. The number of H-pyrrole nitrogens is 1. The third-order valence-corrected chi connectivity index (χ3v) is 3.98. The molecule has 2 aromatic heterocycles. The Kier molecular flexibility index (Phi) is 3.46. The minimum Gasteiger partial charge on any atom is -0.389 e. The number of aromatic amines is 1. The predicted octanol–water partition coefficient (Wildman–Crippen LogP) is 3.47. The van der Waals surface area contributed by atoms with E-state index in [1.165, 1.54) is 17.3 Å². The number of aryl methyl sites for hydroxylation is 1. The van der Waals surface area contributed by atoms with Crippen molar-refractivity contribution in [2.75, 3.05) is 0 Å². The maximum Gasteiger partial charge on any atom is 0.172 e. The lowest BCUT2D eigenvalue weighted by Crippen LogP contribution is -1.96. The van der Waals surface area contributed by atoms with Gasteiger partial charge < -0.3 is 10.1 Å². The van der Waals surface area contributed by atoms with Crippen LogP contribution in [-0.2, 0) is 0 Å². The zero-order chi connectivity index (χ0) is 14.1. The third-order valence-electron chi connectivity index (χ3n) is 3.06. The van der Waals surface area contributed by atoms with E-state index in [0.29, 0.717) is 0 Å². The molecular formula is C15H15N3OS. The number of nitrogens with zero attached hydrogens (tertiary/aromatic N) is 2. The number of aliphatic hydroxyl groups is 1. The first-order valence-electron chi connectivity index (χ1n) is 6.40. The first-order valence-corrected chi connectivity index (χ1v) is 7.22. The average Bonchev–Trinajstić information content (AvgIpc) is 2.80. The van der Waals surface area contributed by atoms with Crippen molar-refractivity contribution in [3.8, 4) is 0 Å². The smallest absolute Gasteiger partial charge is 0.172 e. The van der Waals surface area contributed by atoms with Crippen molar-refractivity contribution in [2.24, 2.45) is 0 Å². The number of nitrogens with one attached hydrogen (secondary N) is 1. The number of rotatable bonds is 3. The molecule has 0 saturated heterocycles. The molecule has 0 bridgehead atoms. The molecule has 0 amide bonds. The highest BCUT2D eigenvalue weighted by atomic mass is 32.2. The second-order valence-electron chi connectivity index (χ2n) is 4.74. The maximum atomic E-state index is 9.77. The van der Waals surface area contributed by atoms with Gasteiger partial charge in [0, 0.05) is 11.8 Å². The molecule has 1 aromatic carbocycles. The Bertz CT molecular complexity index is 752. The summed E-state index contributed by atoms with van der Waals surface area (Å²) in [7, 11) is 0. The molecule has 2 heterocycles. The maximum absolute atomic E-state index is 9.77. The largest absolute Gasteiger partial charge is 0.389 e. The molecular weight excluding hydrogens is 270 g/mol. The third kappa shape index (κ3) is 2.55. The molecule has 0 aliphatic heterocycles. The van der Waals surface area contributed by atoms with E-state index in [2.05, 4.69) is 27.9 Å². The van der Waals surface area contributed by atoms with Gasteiger partial charge in [0.15, 0.2) is 5.16 Å². The van der Waals surface area contributed by atoms with E-state index in [4.69, 9.17) is 0 Å². The van der Waals surface area contributed by atoms with Crippen molar-refractivity contribution < 1.29 is 5.11 Å². The summed E-state index contributed by atoms with van der Waals surface area (Å²) in [6, 6.07) is 9.82. The van der Waals surface area contributed by atoms with Crippen molar-refractivity contribution in [3.63, 3.8) is 0 Å². The number of aliphatic hydroxyl groups excluding tert-OH is 1. The molecule has 0 fully saturated rings. The Morgan fingerprint density at radius 3 is 2.95 bits per heavy atom. The molecule has 5 heteroatoms. The normalized spacial score (nSPS) is 12.8. The van der Waals surface area contributed by atoms with Gasteiger partial charge in [-0.1, -0.05) is 12.1 Å². The van der Waals surface area contributed by atoms with Crippen LogP contribution < -0.4 is 0 Å². The number of aromatic nitrogens is 3. The lowest BCUT2D eigenvalue weighted by Gasteiger charge is -2.08. The summed E-state index contributed by atoms with van der Waals surface area (Å²) in [4.78, 5) is 12.1. The number of benzene rings is 1. The summed E-state index contributed by atoms with van der Waals surface area (Å²) in [5.41, 5.74) is 3.96. The van der Waals surface area contributed by atoms with Gasteiger partial charge >= 0.3 is 0 Å². The van der Waals surface area contributed by atoms with Crippen molar-refractivity contribution >= 4 is 22.8 Å². The molecule has 0 unspecified atom stereocenters. The van der Waals surface area contributed by atoms with E-state index in [1.54, 1.807) is 13.1 Å². The number of fused-ring (bicyclic) bond motifs is 1. The van der Waals surface area contributed by atoms with Crippen molar-refractivity contribution in [1.82, 2.24) is 15.0 Å². The Morgan fingerprint density at radius 2 is 2.15 bits per heavy atom. The molecule has 0 spiro atoms. The van der Waals surface area contributed by atoms with Crippen LogP contribution in [0.3, 0.4) is 0 Å². The standard InChI is InChI=1S/C15H15N3OS/c1-9-5-6-12-13(8-9)18-15(17-12)20-14-11(10(2)19)4-3-7-16-14/h3-8,10,19H,1-2H3,(H,17,18)/t10-/m1/s1. The molecule has 20 heavy (non-hydrogen) atoms. The SMILES string of the molecule is Cc1ccc2nc(Sc3ncccc3[C@@H](C)O)[nH]c2c1. The van der Waals surface area contributed by atoms with Crippen LogP contribution in [0.4, 0.5) is 0 Å². The minimum absolute atomic E-state index is 0.544. The van der Waals surface area contributed by atoms with Gasteiger partial charge in [0.05, 0.1) is 17.1 Å². The number of pyridine rings is 1. The van der Waals surface area contributed by atoms with E-state index in [1.807, 2.05) is 24.3 Å². The highest BCUT2D eigenvalue weighted by Gasteiger charge is 2.12. The van der Waals surface area contributed by atoms with Gasteiger partial charge in [-0.25, -0.2) is 9.97 Å². The number of hydrogen-bond donors (Lipinski definition) is 2.